The summed E-state index contributed by atoms with van der Waals surface area (Å²) in [6.45, 7) is 5.60. The van der Waals surface area contributed by atoms with Gasteiger partial charge in [0.1, 0.15) is 6.33 Å². The summed E-state index contributed by atoms with van der Waals surface area (Å²) in [4.78, 5) is 8.20. The molecule has 100 valence electrons. The first-order valence-electron chi connectivity index (χ1n) is 7.24. The van der Waals surface area contributed by atoms with Gasteiger partial charge in [0.15, 0.2) is 0 Å². The average molecular weight is 247 g/mol. The smallest absolute Gasteiger partial charge is 0.115 e. The van der Waals surface area contributed by atoms with Gasteiger partial charge < -0.3 is 5.32 Å². The van der Waals surface area contributed by atoms with E-state index in [2.05, 4.69) is 29.1 Å². The molecule has 0 aromatic carbocycles. The molecule has 2 unspecified atom stereocenters. The van der Waals surface area contributed by atoms with Gasteiger partial charge in [0, 0.05) is 18.8 Å². The van der Waals surface area contributed by atoms with Crippen molar-refractivity contribution >= 4 is 0 Å². The van der Waals surface area contributed by atoms with E-state index in [1.54, 1.807) is 6.33 Å². The molecule has 1 aliphatic carbocycles. The molecule has 2 atom stereocenters. The summed E-state index contributed by atoms with van der Waals surface area (Å²) in [6.07, 6.45) is 10.2. The molecule has 0 saturated heterocycles. The highest BCUT2D eigenvalue weighted by Crippen LogP contribution is 2.28. The highest BCUT2D eigenvalue weighted by Gasteiger charge is 2.20. The Morgan fingerprint density at radius 2 is 2.17 bits per heavy atom. The van der Waals surface area contributed by atoms with Gasteiger partial charge in [-0.3, -0.25) is 0 Å². The fourth-order valence-electron chi connectivity index (χ4n) is 2.87. The Morgan fingerprint density at radius 3 is 2.89 bits per heavy atom. The van der Waals surface area contributed by atoms with E-state index in [0.29, 0.717) is 6.04 Å². The van der Waals surface area contributed by atoms with Gasteiger partial charge in [-0.1, -0.05) is 26.7 Å². The number of nitrogens with one attached hydrogen (secondary N) is 1. The van der Waals surface area contributed by atoms with Crippen LogP contribution in [0.15, 0.2) is 18.6 Å². The first-order chi connectivity index (χ1) is 8.75. The van der Waals surface area contributed by atoms with E-state index >= 15 is 0 Å². The van der Waals surface area contributed by atoms with E-state index in [0.717, 1.165) is 24.1 Å². The van der Waals surface area contributed by atoms with Gasteiger partial charge in [0.05, 0.1) is 5.69 Å². The summed E-state index contributed by atoms with van der Waals surface area (Å²) in [6, 6.07) is 2.66. The number of rotatable bonds is 4. The highest BCUT2D eigenvalue weighted by molar-refractivity contribution is 4.97. The van der Waals surface area contributed by atoms with Crippen molar-refractivity contribution in [3.8, 4) is 0 Å². The minimum atomic E-state index is 0.670. The van der Waals surface area contributed by atoms with Crippen molar-refractivity contribution in [3.05, 3.63) is 24.3 Å². The Morgan fingerprint density at radius 1 is 1.28 bits per heavy atom. The maximum atomic E-state index is 4.26. The highest BCUT2D eigenvalue weighted by atomic mass is 14.9. The summed E-state index contributed by atoms with van der Waals surface area (Å²) < 4.78 is 0. The first-order valence-corrected chi connectivity index (χ1v) is 7.24. The SMILES string of the molecule is CC(C)C1CCCC(NCc2ccncn2)CC1. The molecule has 0 spiro atoms. The van der Waals surface area contributed by atoms with E-state index in [9.17, 15) is 0 Å². The number of nitrogens with zero attached hydrogens (tertiary/aromatic N) is 2. The van der Waals surface area contributed by atoms with Gasteiger partial charge in [-0.15, -0.1) is 0 Å². The summed E-state index contributed by atoms with van der Waals surface area (Å²) in [5.74, 6) is 1.77. The second kappa shape index (κ2) is 6.83. The van der Waals surface area contributed by atoms with Crippen molar-refractivity contribution in [1.29, 1.82) is 0 Å². The monoisotopic (exact) mass is 247 g/mol. The van der Waals surface area contributed by atoms with E-state index in [4.69, 9.17) is 0 Å². The maximum absolute atomic E-state index is 4.26. The van der Waals surface area contributed by atoms with Crippen LogP contribution in [0.2, 0.25) is 0 Å². The standard InChI is InChI=1S/C15H25N3/c1-12(2)13-4-3-5-14(7-6-13)17-10-15-8-9-16-11-18-15/h8-9,11-14,17H,3-7,10H2,1-2H3. The third-order valence-electron chi connectivity index (χ3n) is 4.17. The molecular weight excluding hydrogens is 222 g/mol. The lowest BCUT2D eigenvalue weighted by atomic mass is 9.89. The molecule has 1 aromatic heterocycles. The van der Waals surface area contributed by atoms with E-state index in [1.807, 2.05) is 12.3 Å². The summed E-state index contributed by atoms with van der Waals surface area (Å²) in [5, 5.41) is 3.65. The molecule has 3 heteroatoms. The molecule has 0 amide bonds. The van der Waals surface area contributed by atoms with Crippen LogP contribution in [-0.4, -0.2) is 16.0 Å². The molecule has 2 rings (SSSR count). The van der Waals surface area contributed by atoms with Crippen LogP contribution in [0, 0.1) is 11.8 Å². The molecule has 3 nitrogen and oxygen atoms in total. The first kappa shape index (κ1) is 13.5. The largest absolute Gasteiger partial charge is 0.308 e. The lowest BCUT2D eigenvalue weighted by Crippen LogP contribution is -2.28. The fraction of sp³-hybridized carbons (Fsp3) is 0.733. The van der Waals surface area contributed by atoms with Crippen LogP contribution in [-0.2, 0) is 6.54 Å². The Labute approximate surface area is 110 Å². The van der Waals surface area contributed by atoms with Gasteiger partial charge in [-0.05, 0) is 37.2 Å². The molecule has 18 heavy (non-hydrogen) atoms. The zero-order valence-corrected chi connectivity index (χ0v) is 11.6. The molecule has 0 bridgehead atoms. The fourth-order valence-corrected chi connectivity index (χ4v) is 2.87. The van der Waals surface area contributed by atoms with Crippen LogP contribution in [0.25, 0.3) is 0 Å². The maximum Gasteiger partial charge on any atom is 0.115 e. The summed E-state index contributed by atoms with van der Waals surface area (Å²) >= 11 is 0. The lowest BCUT2D eigenvalue weighted by molar-refractivity contribution is 0.337. The zero-order chi connectivity index (χ0) is 12.8. The lowest BCUT2D eigenvalue weighted by Gasteiger charge is -2.19. The van der Waals surface area contributed by atoms with Crippen LogP contribution in [0.1, 0.15) is 51.6 Å². The van der Waals surface area contributed by atoms with Crippen molar-refractivity contribution in [2.75, 3.05) is 0 Å². The van der Waals surface area contributed by atoms with Crippen LogP contribution in [0.3, 0.4) is 0 Å². The van der Waals surface area contributed by atoms with Crippen molar-refractivity contribution in [2.45, 2.75) is 58.5 Å². The van der Waals surface area contributed by atoms with Gasteiger partial charge in [-0.2, -0.15) is 0 Å². The normalized spacial score (nSPS) is 25.1. The summed E-state index contributed by atoms with van der Waals surface area (Å²) in [5.41, 5.74) is 1.09. The van der Waals surface area contributed by atoms with Crippen LogP contribution in [0.5, 0.6) is 0 Å². The van der Waals surface area contributed by atoms with E-state index in [1.165, 1.54) is 32.1 Å². The van der Waals surface area contributed by atoms with Gasteiger partial charge in [0.25, 0.3) is 0 Å². The molecule has 1 aliphatic rings. The molecule has 1 saturated carbocycles. The average Bonchev–Trinajstić information content (AvgIpc) is 2.63. The summed E-state index contributed by atoms with van der Waals surface area (Å²) in [7, 11) is 0. The zero-order valence-electron chi connectivity index (χ0n) is 11.6. The Kier molecular flexibility index (Phi) is 5.12. The molecule has 1 aromatic rings. The van der Waals surface area contributed by atoms with Crippen molar-refractivity contribution in [1.82, 2.24) is 15.3 Å². The van der Waals surface area contributed by atoms with Crippen molar-refractivity contribution < 1.29 is 0 Å². The second-order valence-corrected chi connectivity index (χ2v) is 5.79. The third kappa shape index (κ3) is 4.05. The predicted molar refractivity (Wildman–Crippen MR) is 74.1 cm³/mol. The van der Waals surface area contributed by atoms with E-state index < -0.39 is 0 Å². The second-order valence-electron chi connectivity index (χ2n) is 5.79. The van der Waals surface area contributed by atoms with Crippen molar-refractivity contribution in [2.24, 2.45) is 11.8 Å². The minimum absolute atomic E-state index is 0.670. The van der Waals surface area contributed by atoms with Crippen LogP contribution >= 0.6 is 0 Å². The molecular formula is C15H25N3. The van der Waals surface area contributed by atoms with E-state index in [-0.39, 0.29) is 0 Å². The quantitative estimate of drug-likeness (QED) is 0.830. The molecule has 1 fully saturated rings. The third-order valence-corrected chi connectivity index (χ3v) is 4.17. The molecule has 0 aliphatic heterocycles. The number of aromatic nitrogens is 2. The van der Waals surface area contributed by atoms with Crippen LogP contribution < -0.4 is 5.32 Å². The van der Waals surface area contributed by atoms with Gasteiger partial charge in [-0.25, -0.2) is 9.97 Å². The number of hydrogen-bond donors (Lipinski definition) is 1. The molecule has 1 N–H and O–H groups in total. The Balaban J connectivity index is 1.77. The molecule has 0 radical (unpaired) electrons. The Bertz CT molecular complexity index is 337. The predicted octanol–water partition coefficient (Wildman–Crippen LogP) is 3.17. The van der Waals surface area contributed by atoms with Gasteiger partial charge in [0.2, 0.25) is 0 Å². The Hall–Kier alpha value is -0.960. The van der Waals surface area contributed by atoms with Gasteiger partial charge >= 0.3 is 0 Å². The molecule has 1 heterocycles. The number of hydrogen-bond acceptors (Lipinski definition) is 3. The topological polar surface area (TPSA) is 37.8 Å². The minimum Gasteiger partial charge on any atom is -0.308 e. The van der Waals surface area contributed by atoms with Crippen molar-refractivity contribution in [3.63, 3.8) is 0 Å². The van der Waals surface area contributed by atoms with Crippen LogP contribution in [0.4, 0.5) is 0 Å².